The molecule has 0 unspecified atom stereocenters. The highest BCUT2D eigenvalue weighted by atomic mass is 15.3. The summed E-state index contributed by atoms with van der Waals surface area (Å²) in [6.07, 6.45) is 0. The first kappa shape index (κ1) is 13.7. The summed E-state index contributed by atoms with van der Waals surface area (Å²) in [5.41, 5.74) is 3.07. The fourth-order valence-corrected chi connectivity index (χ4v) is 1.69. The molecule has 84 valence electrons. The molecule has 0 saturated carbocycles. The summed E-state index contributed by atoms with van der Waals surface area (Å²) in [7, 11) is 13.4. The van der Waals surface area contributed by atoms with E-state index >= 15 is 0 Å². The van der Waals surface area contributed by atoms with E-state index in [-0.39, 0.29) is 0 Å². The monoisotopic (exact) mass is 200 g/mol. The molecule has 0 aliphatic heterocycles. The van der Waals surface area contributed by atoms with Crippen LogP contribution in [-0.2, 0) is 0 Å². The van der Waals surface area contributed by atoms with Crippen LogP contribution < -0.4 is 0 Å². The van der Waals surface area contributed by atoms with E-state index in [4.69, 9.17) is 0 Å². The lowest BCUT2D eigenvalue weighted by Gasteiger charge is -2.28. The van der Waals surface area contributed by atoms with Gasteiger partial charge in [0.2, 0.25) is 0 Å². The Morgan fingerprint density at radius 1 is 0.643 bits per heavy atom. The molecule has 0 bridgehead atoms. The highest BCUT2D eigenvalue weighted by molar-refractivity contribution is 5.10. The van der Waals surface area contributed by atoms with Gasteiger partial charge in [0, 0.05) is 0 Å². The zero-order valence-electron chi connectivity index (χ0n) is 11.3. The Morgan fingerprint density at radius 3 is 1.00 bits per heavy atom. The number of hydrogen-bond donors (Lipinski definition) is 0. The SMILES string of the molecule is C/C(C[N+](C)(C)C)=C(/C)C[N+](C)(C)C. The van der Waals surface area contributed by atoms with Gasteiger partial charge in [-0.2, -0.15) is 0 Å². The third kappa shape index (κ3) is 7.10. The first-order valence-electron chi connectivity index (χ1n) is 5.27. The zero-order chi connectivity index (χ0) is 11.6. The molecule has 0 aromatic rings. The molecule has 0 atom stereocenters. The number of nitrogens with zero attached hydrogens (tertiary/aromatic N) is 2. The molecular formula is C12H28N2+2. The molecule has 0 radical (unpaired) electrons. The Balaban J connectivity index is 4.45. The number of quaternary nitrogens is 2. The normalized spacial score (nSPS) is 15.4. The van der Waals surface area contributed by atoms with Crippen LogP contribution in [0.25, 0.3) is 0 Å². The molecule has 0 spiro atoms. The van der Waals surface area contributed by atoms with Gasteiger partial charge in [-0.1, -0.05) is 0 Å². The fourth-order valence-electron chi connectivity index (χ4n) is 1.69. The second-order valence-corrected chi connectivity index (χ2v) is 6.46. The summed E-state index contributed by atoms with van der Waals surface area (Å²) in [4.78, 5) is 0. The van der Waals surface area contributed by atoms with Gasteiger partial charge in [-0.05, 0) is 25.0 Å². The van der Waals surface area contributed by atoms with E-state index in [1.54, 1.807) is 0 Å². The maximum Gasteiger partial charge on any atom is 0.0999 e. The Morgan fingerprint density at radius 2 is 0.857 bits per heavy atom. The second kappa shape index (κ2) is 4.45. The molecule has 2 heteroatoms. The van der Waals surface area contributed by atoms with Crippen molar-refractivity contribution < 1.29 is 8.97 Å². The van der Waals surface area contributed by atoms with Crippen LogP contribution in [0, 0.1) is 0 Å². The minimum atomic E-state index is 1.01. The van der Waals surface area contributed by atoms with Crippen LogP contribution in [0.4, 0.5) is 0 Å². The third-order valence-corrected chi connectivity index (χ3v) is 2.15. The Kier molecular flexibility index (Phi) is 4.34. The maximum absolute atomic E-state index is 2.26. The summed E-state index contributed by atoms with van der Waals surface area (Å²) < 4.78 is 2.03. The molecule has 0 saturated heterocycles. The number of rotatable bonds is 4. The van der Waals surface area contributed by atoms with Crippen LogP contribution in [0.3, 0.4) is 0 Å². The van der Waals surface area contributed by atoms with Crippen molar-refractivity contribution in [3.05, 3.63) is 11.1 Å². The van der Waals surface area contributed by atoms with Crippen LogP contribution in [-0.4, -0.2) is 64.3 Å². The quantitative estimate of drug-likeness (QED) is 0.479. The Bertz CT molecular complexity index is 189. The van der Waals surface area contributed by atoms with Crippen molar-refractivity contribution in [2.75, 3.05) is 55.4 Å². The molecule has 2 nitrogen and oxygen atoms in total. The van der Waals surface area contributed by atoms with E-state index in [1.807, 2.05) is 0 Å². The van der Waals surface area contributed by atoms with Crippen molar-refractivity contribution in [2.24, 2.45) is 0 Å². The molecule has 0 fully saturated rings. The minimum Gasteiger partial charge on any atom is -0.327 e. The van der Waals surface area contributed by atoms with Crippen molar-refractivity contribution in [3.8, 4) is 0 Å². The van der Waals surface area contributed by atoms with E-state index in [0.29, 0.717) is 0 Å². The van der Waals surface area contributed by atoms with E-state index in [0.717, 1.165) is 22.1 Å². The molecule has 0 aromatic heterocycles. The van der Waals surface area contributed by atoms with Gasteiger partial charge in [0.15, 0.2) is 0 Å². The van der Waals surface area contributed by atoms with E-state index < -0.39 is 0 Å². The van der Waals surface area contributed by atoms with Gasteiger partial charge in [-0.25, -0.2) is 0 Å². The van der Waals surface area contributed by atoms with Gasteiger partial charge in [-0.3, -0.25) is 0 Å². The highest BCUT2D eigenvalue weighted by Gasteiger charge is 2.14. The molecule has 0 amide bonds. The van der Waals surface area contributed by atoms with E-state index in [9.17, 15) is 0 Å². The topological polar surface area (TPSA) is 0 Å². The van der Waals surface area contributed by atoms with Crippen molar-refractivity contribution in [3.63, 3.8) is 0 Å². The largest absolute Gasteiger partial charge is 0.327 e. The molecule has 14 heavy (non-hydrogen) atoms. The highest BCUT2D eigenvalue weighted by Crippen LogP contribution is 2.10. The first-order chi connectivity index (χ1) is 6.01. The van der Waals surface area contributed by atoms with E-state index in [1.165, 1.54) is 11.1 Å². The van der Waals surface area contributed by atoms with Crippen molar-refractivity contribution in [2.45, 2.75) is 13.8 Å². The lowest BCUT2D eigenvalue weighted by molar-refractivity contribution is -0.868. The number of hydrogen-bond acceptors (Lipinski definition) is 0. The molecule has 0 heterocycles. The lowest BCUT2D eigenvalue weighted by atomic mass is 10.1. The third-order valence-electron chi connectivity index (χ3n) is 2.15. The number of likely N-dealkylation sites (N-methyl/N-ethyl adjacent to an activating group) is 2. The van der Waals surface area contributed by atoms with Crippen LogP contribution >= 0.6 is 0 Å². The molecule has 0 aliphatic carbocycles. The smallest absolute Gasteiger partial charge is 0.0999 e. The molecule has 0 rings (SSSR count). The standard InChI is InChI=1S/C12H28N2/c1-11(9-13(3,4)5)12(2)10-14(6,7)8/h9-10H2,1-8H3/q+2/b12-11+. The van der Waals surface area contributed by atoms with Gasteiger partial charge >= 0.3 is 0 Å². The van der Waals surface area contributed by atoms with E-state index in [2.05, 4.69) is 56.1 Å². The fraction of sp³-hybridized carbons (Fsp3) is 0.833. The van der Waals surface area contributed by atoms with Crippen molar-refractivity contribution in [1.29, 1.82) is 0 Å². The molecule has 0 aromatic carbocycles. The van der Waals surface area contributed by atoms with Gasteiger partial charge in [0.05, 0.1) is 55.4 Å². The first-order valence-corrected chi connectivity index (χ1v) is 5.27. The average Bonchev–Trinajstić information content (AvgIpc) is 1.78. The summed E-state index contributed by atoms with van der Waals surface area (Å²) in [6.45, 7) is 6.81. The minimum absolute atomic E-state index is 1.01. The molecule has 0 N–H and O–H groups in total. The van der Waals surface area contributed by atoms with Gasteiger partial charge in [-0.15, -0.1) is 0 Å². The molecular weight excluding hydrogens is 172 g/mol. The second-order valence-electron chi connectivity index (χ2n) is 6.46. The van der Waals surface area contributed by atoms with Gasteiger partial charge in [0.1, 0.15) is 0 Å². The zero-order valence-corrected chi connectivity index (χ0v) is 11.3. The Labute approximate surface area is 90.0 Å². The average molecular weight is 200 g/mol. The predicted molar refractivity (Wildman–Crippen MR) is 64.2 cm³/mol. The van der Waals surface area contributed by atoms with Crippen LogP contribution in [0.2, 0.25) is 0 Å². The summed E-state index contributed by atoms with van der Waals surface area (Å²) >= 11 is 0. The summed E-state index contributed by atoms with van der Waals surface area (Å²) in [5.74, 6) is 0. The van der Waals surface area contributed by atoms with Gasteiger partial charge < -0.3 is 8.97 Å². The van der Waals surface area contributed by atoms with Crippen molar-refractivity contribution in [1.82, 2.24) is 0 Å². The maximum atomic E-state index is 2.26. The van der Waals surface area contributed by atoms with Crippen molar-refractivity contribution >= 4 is 0 Å². The molecule has 0 aliphatic rings. The predicted octanol–water partition coefficient (Wildman–Crippen LogP) is 1.74. The van der Waals surface area contributed by atoms with Crippen LogP contribution in [0.5, 0.6) is 0 Å². The van der Waals surface area contributed by atoms with Crippen LogP contribution in [0.15, 0.2) is 11.1 Å². The Hall–Kier alpha value is -0.340. The lowest BCUT2D eigenvalue weighted by Crippen LogP contribution is -2.39. The van der Waals surface area contributed by atoms with Gasteiger partial charge in [0.25, 0.3) is 0 Å². The summed E-state index contributed by atoms with van der Waals surface area (Å²) in [6, 6.07) is 0. The van der Waals surface area contributed by atoms with Crippen LogP contribution in [0.1, 0.15) is 13.8 Å². The summed E-state index contributed by atoms with van der Waals surface area (Å²) in [5, 5.41) is 0.